The summed E-state index contributed by atoms with van der Waals surface area (Å²) in [5.41, 5.74) is 0.937. The Morgan fingerprint density at radius 1 is 1.00 bits per heavy atom. The Morgan fingerprint density at radius 3 is 1.11 bits per heavy atom. The minimum atomic E-state index is -0.735. The van der Waals surface area contributed by atoms with E-state index in [2.05, 4.69) is 46.6 Å². The predicted molar refractivity (Wildman–Crippen MR) is 49.7 cm³/mol. The third kappa shape index (κ3) is 7.96. The minimum Gasteiger partial charge on any atom is -0.106 e. The van der Waals surface area contributed by atoms with Crippen LogP contribution in [0.5, 0.6) is 0 Å². The maximum Gasteiger partial charge on any atom is 0.0468 e. The maximum atomic E-state index is 3.00. The lowest BCUT2D eigenvalue weighted by Gasteiger charge is -2.19. The van der Waals surface area contributed by atoms with Crippen LogP contribution in [0, 0.1) is 0 Å². The van der Waals surface area contributed by atoms with Crippen LogP contribution >= 0.6 is 0 Å². The van der Waals surface area contributed by atoms with Gasteiger partial charge < -0.3 is 0 Å². The van der Waals surface area contributed by atoms with Crippen molar-refractivity contribution in [1.29, 1.82) is 0 Å². The van der Waals surface area contributed by atoms with Crippen LogP contribution in [0.4, 0.5) is 0 Å². The first-order valence-electron chi connectivity index (χ1n) is 3.44. The summed E-state index contributed by atoms with van der Waals surface area (Å²) in [6.07, 6.45) is 0. The first-order valence-corrected chi connectivity index (χ1v) is 7.02. The first kappa shape index (κ1) is 11.7. The van der Waals surface area contributed by atoms with E-state index in [0.717, 1.165) is 5.54 Å². The third-order valence-corrected chi connectivity index (χ3v) is 5.20. The van der Waals surface area contributed by atoms with Gasteiger partial charge in [-0.15, -0.1) is 13.2 Å². The van der Waals surface area contributed by atoms with Crippen molar-refractivity contribution in [2.24, 2.45) is 0 Å². The van der Waals surface area contributed by atoms with Crippen molar-refractivity contribution in [3.63, 3.8) is 0 Å². The summed E-state index contributed by atoms with van der Waals surface area (Å²) in [7, 11) is -0.735. The lowest BCUT2D eigenvalue weighted by molar-refractivity contribution is 1.01. The van der Waals surface area contributed by atoms with Crippen molar-refractivity contribution in [1.82, 2.24) is 0 Å². The van der Waals surface area contributed by atoms with Crippen LogP contribution in [0.25, 0.3) is 0 Å². The SMILES string of the molecule is C=C.CC(C)[Si](C)(C)C. The van der Waals surface area contributed by atoms with E-state index >= 15 is 0 Å². The molecule has 0 N–H and O–H groups in total. The van der Waals surface area contributed by atoms with Gasteiger partial charge in [0.05, 0.1) is 0 Å². The van der Waals surface area contributed by atoms with Gasteiger partial charge >= 0.3 is 0 Å². The molecule has 0 aromatic rings. The van der Waals surface area contributed by atoms with Crippen LogP contribution < -0.4 is 0 Å². The highest BCUT2D eigenvalue weighted by atomic mass is 28.3. The van der Waals surface area contributed by atoms with Crippen LogP contribution in [0.3, 0.4) is 0 Å². The molecule has 0 aromatic carbocycles. The van der Waals surface area contributed by atoms with E-state index in [1.807, 2.05) is 0 Å². The summed E-state index contributed by atoms with van der Waals surface area (Å²) in [6.45, 7) is 17.8. The smallest absolute Gasteiger partial charge is 0.0468 e. The highest BCUT2D eigenvalue weighted by Gasteiger charge is 2.16. The van der Waals surface area contributed by atoms with Gasteiger partial charge in [0, 0.05) is 8.07 Å². The van der Waals surface area contributed by atoms with E-state index in [-0.39, 0.29) is 0 Å². The Kier molecular flexibility index (Phi) is 6.25. The Bertz CT molecular complexity index is 59.5. The molecule has 0 radical (unpaired) electrons. The minimum absolute atomic E-state index is 0.735. The zero-order chi connectivity index (χ0) is 8.08. The topological polar surface area (TPSA) is 0 Å². The normalized spacial score (nSPS) is 10.4. The summed E-state index contributed by atoms with van der Waals surface area (Å²) in [5.74, 6) is 0. The van der Waals surface area contributed by atoms with Crippen molar-refractivity contribution < 1.29 is 0 Å². The molecule has 0 nitrogen and oxygen atoms in total. The van der Waals surface area contributed by atoms with E-state index in [1.165, 1.54) is 0 Å². The quantitative estimate of drug-likeness (QED) is 0.390. The van der Waals surface area contributed by atoms with Crippen LogP contribution in [-0.2, 0) is 0 Å². The van der Waals surface area contributed by atoms with Gasteiger partial charge in [0.1, 0.15) is 0 Å². The van der Waals surface area contributed by atoms with Gasteiger partial charge in [-0.05, 0) is 0 Å². The van der Waals surface area contributed by atoms with Crippen molar-refractivity contribution in [2.75, 3.05) is 0 Å². The van der Waals surface area contributed by atoms with Gasteiger partial charge in [0.25, 0.3) is 0 Å². The van der Waals surface area contributed by atoms with Gasteiger partial charge in [0.2, 0.25) is 0 Å². The second-order valence-electron chi connectivity index (χ2n) is 3.52. The van der Waals surface area contributed by atoms with E-state index in [1.54, 1.807) is 0 Å². The summed E-state index contributed by atoms with van der Waals surface area (Å²) in [4.78, 5) is 0. The molecule has 0 saturated heterocycles. The van der Waals surface area contributed by atoms with Crippen LogP contribution in [0.15, 0.2) is 13.2 Å². The highest BCUT2D eigenvalue weighted by molar-refractivity contribution is 6.77. The van der Waals surface area contributed by atoms with Crippen LogP contribution in [0.2, 0.25) is 25.2 Å². The van der Waals surface area contributed by atoms with Gasteiger partial charge in [-0.25, -0.2) is 0 Å². The van der Waals surface area contributed by atoms with E-state index in [9.17, 15) is 0 Å². The molecule has 9 heavy (non-hydrogen) atoms. The molecule has 0 amide bonds. The van der Waals surface area contributed by atoms with E-state index in [4.69, 9.17) is 0 Å². The standard InChI is InChI=1S/C6H16Si.C2H4/c1-6(2)7(3,4)5;1-2/h6H,1-5H3;1-2H2. The molecule has 0 aliphatic heterocycles. The Hall–Kier alpha value is -0.0431. The first-order chi connectivity index (χ1) is 3.94. The molecule has 0 saturated carbocycles. The fourth-order valence-corrected chi connectivity index (χ4v) is 0. The van der Waals surface area contributed by atoms with Gasteiger partial charge in [0.15, 0.2) is 0 Å². The molecule has 0 spiro atoms. The van der Waals surface area contributed by atoms with Crippen LogP contribution in [-0.4, -0.2) is 8.07 Å². The molecule has 0 unspecified atom stereocenters. The lowest BCUT2D eigenvalue weighted by atomic mass is 10.6. The summed E-state index contributed by atoms with van der Waals surface area (Å²) in [6, 6.07) is 0. The number of rotatable bonds is 1. The van der Waals surface area contributed by atoms with Gasteiger partial charge in [-0.2, -0.15) is 0 Å². The molecule has 0 heterocycles. The number of hydrogen-bond donors (Lipinski definition) is 0. The second-order valence-corrected chi connectivity index (χ2v) is 9.41. The van der Waals surface area contributed by atoms with E-state index < -0.39 is 8.07 Å². The molecule has 0 fully saturated rings. The monoisotopic (exact) mass is 144 g/mol. The van der Waals surface area contributed by atoms with Crippen molar-refractivity contribution in [3.05, 3.63) is 13.2 Å². The predicted octanol–water partition coefficient (Wildman–Crippen LogP) is 3.54. The van der Waals surface area contributed by atoms with E-state index in [0.29, 0.717) is 0 Å². The molecule has 0 rings (SSSR count). The highest BCUT2D eigenvalue weighted by Crippen LogP contribution is 2.18. The fraction of sp³-hybridized carbons (Fsp3) is 0.750. The van der Waals surface area contributed by atoms with Crippen LogP contribution in [0.1, 0.15) is 13.8 Å². The number of hydrogen-bond acceptors (Lipinski definition) is 0. The Balaban J connectivity index is 0. The zero-order valence-corrected chi connectivity index (χ0v) is 8.49. The summed E-state index contributed by atoms with van der Waals surface area (Å²) < 4.78 is 0. The molecule has 1 heteroatoms. The summed E-state index contributed by atoms with van der Waals surface area (Å²) >= 11 is 0. The molecule has 0 aliphatic rings. The molecule has 0 bridgehead atoms. The second kappa shape index (κ2) is 4.80. The lowest BCUT2D eigenvalue weighted by Crippen LogP contribution is -2.23. The average molecular weight is 144 g/mol. The van der Waals surface area contributed by atoms with Crippen molar-refractivity contribution in [3.8, 4) is 0 Å². The largest absolute Gasteiger partial charge is 0.106 e. The average Bonchev–Trinajstić information content (AvgIpc) is 1.69. The maximum absolute atomic E-state index is 3.00. The van der Waals surface area contributed by atoms with Crippen molar-refractivity contribution >= 4 is 8.07 Å². The van der Waals surface area contributed by atoms with Gasteiger partial charge in [-0.3, -0.25) is 0 Å². The molecule has 56 valence electrons. The zero-order valence-electron chi connectivity index (χ0n) is 7.49. The molecular formula is C8H20Si. The Labute approximate surface area is 61.0 Å². The molecule has 0 aliphatic carbocycles. The van der Waals surface area contributed by atoms with Gasteiger partial charge in [-0.1, -0.05) is 39.0 Å². The third-order valence-electron chi connectivity index (χ3n) is 1.73. The summed E-state index contributed by atoms with van der Waals surface area (Å²) in [5, 5.41) is 0. The van der Waals surface area contributed by atoms with Crippen molar-refractivity contribution in [2.45, 2.75) is 39.0 Å². The molecule has 0 atom stereocenters. The molecular weight excluding hydrogens is 124 g/mol. The molecule has 0 aromatic heterocycles. The Morgan fingerprint density at radius 2 is 1.11 bits per heavy atom. The fourth-order valence-electron chi connectivity index (χ4n) is 0.